The fourth-order valence-corrected chi connectivity index (χ4v) is 2.01. The highest BCUT2D eigenvalue weighted by atomic mass is 35.5. The smallest absolute Gasteiger partial charge is 0.260 e. The van der Waals surface area contributed by atoms with Gasteiger partial charge in [-0.05, 0) is 29.8 Å². The van der Waals surface area contributed by atoms with Gasteiger partial charge in [0.25, 0.3) is 5.89 Å². The number of hydrogen-bond donors (Lipinski definition) is 1. The maximum absolute atomic E-state index is 5.95. The van der Waals surface area contributed by atoms with Crippen molar-refractivity contribution < 1.29 is 4.52 Å². The van der Waals surface area contributed by atoms with Gasteiger partial charge in [0.15, 0.2) is 5.82 Å². The van der Waals surface area contributed by atoms with E-state index in [1.807, 2.05) is 12.1 Å². The first-order valence-corrected chi connectivity index (χ1v) is 6.37. The van der Waals surface area contributed by atoms with E-state index < -0.39 is 0 Å². The van der Waals surface area contributed by atoms with Crippen molar-refractivity contribution >= 4 is 17.3 Å². The van der Waals surface area contributed by atoms with Gasteiger partial charge in [-0.15, -0.1) is 0 Å². The molecule has 0 fully saturated rings. The van der Waals surface area contributed by atoms with Crippen LogP contribution in [-0.2, 0) is 6.42 Å². The van der Waals surface area contributed by atoms with Crippen LogP contribution in [0.5, 0.6) is 0 Å². The second kappa shape index (κ2) is 5.30. The highest BCUT2D eigenvalue weighted by Crippen LogP contribution is 2.27. The zero-order chi connectivity index (χ0) is 13.9. The largest absolute Gasteiger partial charge is 0.398 e. The Bertz CT molecular complexity index is 727. The van der Waals surface area contributed by atoms with Crippen LogP contribution in [0.25, 0.3) is 11.5 Å². The lowest BCUT2D eigenvalue weighted by atomic mass is 10.2. The topological polar surface area (TPSA) is 77.8 Å². The van der Waals surface area contributed by atoms with E-state index in [2.05, 4.69) is 15.1 Å². The first kappa shape index (κ1) is 12.6. The standard InChI is InChI=1S/C14H11ClN4O/c15-10-3-4-12(16)11(7-10)14-18-13(19-20-14)6-9-2-1-5-17-8-9/h1-5,7-8H,6,16H2. The quantitative estimate of drug-likeness (QED) is 0.749. The number of nitrogens with two attached hydrogens (primary N) is 1. The van der Waals surface area contributed by atoms with Crippen molar-refractivity contribution in [2.24, 2.45) is 0 Å². The van der Waals surface area contributed by atoms with Gasteiger partial charge in [0.2, 0.25) is 0 Å². The molecule has 0 unspecified atom stereocenters. The number of aromatic nitrogens is 3. The molecular weight excluding hydrogens is 276 g/mol. The van der Waals surface area contributed by atoms with Crippen LogP contribution in [0.2, 0.25) is 5.02 Å². The van der Waals surface area contributed by atoms with E-state index >= 15 is 0 Å². The second-order valence-electron chi connectivity index (χ2n) is 4.29. The van der Waals surface area contributed by atoms with E-state index in [1.165, 1.54) is 0 Å². The Balaban J connectivity index is 1.88. The lowest BCUT2D eigenvalue weighted by molar-refractivity contribution is 0.424. The number of nitrogen functional groups attached to an aromatic ring is 1. The number of pyridine rings is 1. The molecule has 0 atom stereocenters. The molecule has 0 saturated heterocycles. The molecule has 2 heterocycles. The van der Waals surface area contributed by atoms with Crippen LogP contribution in [0.1, 0.15) is 11.4 Å². The summed E-state index contributed by atoms with van der Waals surface area (Å²) in [5.74, 6) is 0.941. The van der Waals surface area contributed by atoms with Gasteiger partial charge in [-0.1, -0.05) is 22.8 Å². The van der Waals surface area contributed by atoms with E-state index in [0.717, 1.165) is 5.56 Å². The molecule has 3 rings (SSSR count). The summed E-state index contributed by atoms with van der Waals surface area (Å²) in [6.45, 7) is 0. The molecule has 0 radical (unpaired) electrons. The molecule has 0 amide bonds. The predicted molar refractivity (Wildman–Crippen MR) is 76.2 cm³/mol. The van der Waals surface area contributed by atoms with Gasteiger partial charge in [-0.25, -0.2) is 0 Å². The van der Waals surface area contributed by atoms with Gasteiger partial charge in [0.05, 0.1) is 5.56 Å². The van der Waals surface area contributed by atoms with E-state index in [1.54, 1.807) is 30.6 Å². The summed E-state index contributed by atoms with van der Waals surface area (Å²) < 4.78 is 5.24. The number of halogens is 1. The first-order valence-electron chi connectivity index (χ1n) is 5.99. The van der Waals surface area contributed by atoms with E-state index in [9.17, 15) is 0 Å². The molecule has 0 aliphatic rings. The summed E-state index contributed by atoms with van der Waals surface area (Å²) in [5.41, 5.74) is 8.09. The first-order chi connectivity index (χ1) is 9.72. The third kappa shape index (κ3) is 2.62. The molecule has 1 aromatic carbocycles. The third-order valence-electron chi connectivity index (χ3n) is 2.80. The minimum Gasteiger partial charge on any atom is -0.398 e. The molecule has 20 heavy (non-hydrogen) atoms. The van der Waals surface area contributed by atoms with E-state index in [4.69, 9.17) is 21.9 Å². The third-order valence-corrected chi connectivity index (χ3v) is 3.03. The molecule has 100 valence electrons. The van der Waals surface area contributed by atoms with Crippen molar-refractivity contribution in [3.05, 3.63) is 59.1 Å². The summed E-state index contributed by atoms with van der Waals surface area (Å²) in [5, 5.41) is 4.52. The average molecular weight is 287 g/mol. The molecule has 0 aliphatic carbocycles. The fourth-order valence-electron chi connectivity index (χ4n) is 1.83. The highest BCUT2D eigenvalue weighted by Gasteiger charge is 2.12. The Kier molecular flexibility index (Phi) is 3.35. The van der Waals surface area contributed by atoms with Gasteiger partial charge >= 0.3 is 0 Å². The fraction of sp³-hybridized carbons (Fsp3) is 0.0714. The minimum atomic E-state index is 0.365. The van der Waals surface area contributed by atoms with Crippen LogP contribution in [-0.4, -0.2) is 15.1 Å². The molecular formula is C14H11ClN4O. The maximum atomic E-state index is 5.95. The van der Waals surface area contributed by atoms with Crippen LogP contribution in [0.15, 0.2) is 47.2 Å². The molecule has 2 N–H and O–H groups in total. The number of anilines is 1. The predicted octanol–water partition coefficient (Wildman–Crippen LogP) is 2.96. The molecule has 0 saturated carbocycles. The van der Waals surface area contributed by atoms with Crippen molar-refractivity contribution in [1.82, 2.24) is 15.1 Å². The monoisotopic (exact) mass is 286 g/mol. The summed E-state index contributed by atoms with van der Waals surface area (Å²) in [4.78, 5) is 8.38. The maximum Gasteiger partial charge on any atom is 0.260 e. The second-order valence-corrected chi connectivity index (χ2v) is 4.72. The van der Waals surface area contributed by atoms with Crippen LogP contribution in [0.3, 0.4) is 0 Å². The Hall–Kier alpha value is -2.40. The summed E-state index contributed by atoms with van der Waals surface area (Å²) in [6, 6.07) is 8.95. The highest BCUT2D eigenvalue weighted by molar-refractivity contribution is 6.31. The normalized spacial score (nSPS) is 10.7. The number of benzene rings is 1. The number of nitrogens with zero attached hydrogens (tertiary/aromatic N) is 3. The van der Waals surface area contributed by atoms with Gasteiger partial charge in [0.1, 0.15) is 0 Å². The van der Waals surface area contributed by atoms with Crippen molar-refractivity contribution in [3.63, 3.8) is 0 Å². The molecule has 0 spiro atoms. The van der Waals surface area contributed by atoms with E-state index in [-0.39, 0.29) is 0 Å². The molecule has 2 aromatic heterocycles. The molecule has 6 heteroatoms. The van der Waals surface area contributed by atoms with Gasteiger partial charge in [0, 0.05) is 29.5 Å². The zero-order valence-corrected chi connectivity index (χ0v) is 11.2. The van der Waals surface area contributed by atoms with Crippen molar-refractivity contribution in [2.45, 2.75) is 6.42 Å². The summed E-state index contributed by atoms with van der Waals surface area (Å²) in [6.07, 6.45) is 4.04. The Morgan fingerprint density at radius 1 is 1.25 bits per heavy atom. The van der Waals surface area contributed by atoms with Gasteiger partial charge in [-0.3, -0.25) is 4.98 Å². The Morgan fingerprint density at radius 3 is 2.95 bits per heavy atom. The van der Waals surface area contributed by atoms with Crippen LogP contribution in [0, 0.1) is 0 Å². The zero-order valence-electron chi connectivity index (χ0n) is 10.5. The molecule has 3 aromatic rings. The summed E-state index contributed by atoms with van der Waals surface area (Å²) >= 11 is 5.95. The van der Waals surface area contributed by atoms with Crippen molar-refractivity contribution in [2.75, 3.05) is 5.73 Å². The lowest BCUT2D eigenvalue weighted by Crippen LogP contribution is -1.92. The van der Waals surface area contributed by atoms with Gasteiger partial charge in [-0.2, -0.15) is 4.98 Å². The average Bonchev–Trinajstić information content (AvgIpc) is 2.91. The van der Waals surface area contributed by atoms with Crippen LogP contribution in [0.4, 0.5) is 5.69 Å². The molecule has 0 bridgehead atoms. The molecule has 0 aliphatic heterocycles. The Morgan fingerprint density at radius 2 is 2.15 bits per heavy atom. The minimum absolute atomic E-state index is 0.365. The van der Waals surface area contributed by atoms with E-state index in [0.29, 0.717) is 34.4 Å². The van der Waals surface area contributed by atoms with Gasteiger partial charge < -0.3 is 10.3 Å². The lowest BCUT2D eigenvalue weighted by Gasteiger charge is -2.00. The SMILES string of the molecule is Nc1ccc(Cl)cc1-c1nc(Cc2cccnc2)no1. The Labute approximate surface area is 120 Å². The number of rotatable bonds is 3. The van der Waals surface area contributed by atoms with Crippen LogP contribution >= 0.6 is 11.6 Å². The van der Waals surface area contributed by atoms with Crippen molar-refractivity contribution in [1.29, 1.82) is 0 Å². The molecule has 5 nitrogen and oxygen atoms in total. The van der Waals surface area contributed by atoms with Crippen molar-refractivity contribution in [3.8, 4) is 11.5 Å². The summed E-state index contributed by atoms with van der Waals surface area (Å²) in [7, 11) is 0. The van der Waals surface area contributed by atoms with Crippen LogP contribution < -0.4 is 5.73 Å². The number of hydrogen-bond acceptors (Lipinski definition) is 5.